The van der Waals surface area contributed by atoms with E-state index in [1.54, 1.807) is 0 Å². The van der Waals surface area contributed by atoms with Gasteiger partial charge < -0.3 is 9.88 Å². The molecule has 0 bridgehead atoms. The van der Waals surface area contributed by atoms with E-state index in [1.165, 1.54) is 24.1 Å². The summed E-state index contributed by atoms with van der Waals surface area (Å²) in [5.41, 5.74) is 8.14. The van der Waals surface area contributed by atoms with Crippen LogP contribution < -0.4 is 5.32 Å². The van der Waals surface area contributed by atoms with Crippen LogP contribution in [0.4, 0.5) is 5.69 Å². The van der Waals surface area contributed by atoms with Crippen molar-refractivity contribution in [1.82, 2.24) is 19.3 Å². The highest BCUT2D eigenvalue weighted by atomic mass is 16.2. The van der Waals surface area contributed by atoms with Gasteiger partial charge in [-0.15, -0.1) is 0 Å². The number of fused-ring (bicyclic) bond motifs is 2. The quantitative estimate of drug-likeness (QED) is 0.482. The normalized spacial score (nSPS) is 14.7. The molecule has 0 atom stereocenters. The monoisotopic (exact) mass is 437 g/mol. The summed E-state index contributed by atoms with van der Waals surface area (Å²) in [5.74, 6) is 0.863. The van der Waals surface area contributed by atoms with Crippen molar-refractivity contribution in [3.63, 3.8) is 0 Å². The lowest BCUT2D eigenvalue weighted by atomic mass is 10.1. The molecule has 4 aromatic rings. The highest BCUT2D eigenvalue weighted by Crippen LogP contribution is 2.29. The molecule has 3 heterocycles. The van der Waals surface area contributed by atoms with Crippen molar-refractivity contribution in [1.29, 1.82) is 0 Å². The second kappa shape index (κ2) is 8.03. The van der Waals surface area contributed by atoms with Gasteiger partial charge in [-0.1, -0.05) is 17.7 Å². The van der Waals surface area contributed by atoms with Crippen LogP contribution in [-0.2, 0) is 25.8 Å². The van der Waals surface area contributed by atoms with E-state index < -0.39 is 0 Å². The fourth-order valence-electron chi connectivity index (χ4n) is 5.08. The molecule has 0 saturated heterocycles. The van der Waals surface area contributed by atoms with Gasteiger partial charge in [0.1, 0.15) is 5.82 Å². The number of nitrogens with one attached hydrogen (secondary N) is 1. The Balaban J connectivity index is 1.25. The molecule has 33 heavy (non-hydrogen) atoms. The van der Waals surface area contributed by atoms with Gasteiger partial charge in [0.25, 0.3) is 5.91 Å². The Morgan fingerprint density at radius 1 is 0.939 bits per heavy atom. The van der Waals surface area contributed by atoms with Crippen LogP contribution in [0.5, 0.6) is 0 Å². The van der Waals surface area contributed by atoms with Crippen molar-refractivity contribution in [2.75, 3.05) is 5.32 Å². The van der Waals surface area contributed by atoms with Gasteiger partial charge in [-0.3, -0.25) is 4.79 Å². The van der Waals surface area contributed by atoms with Crippen LogP contribution in [0.25, 0.3) is 17.1 Å². The Labute approximate surface area is 193 Å². The first-order valence-electron chi connectivity index (χ1n) is 11.8. The third-order valence-corrected chi connectivity index (χ3v) is 6.83. The van der Waals surface area contributed by atoms with E-state index in [4.69, 9.17) is 5.10 Å². The predicted molar refractivity (Wildman–Crippen MR) is 129 cm³/mol. The Hall–Kier alpha value is -3.67. The van der Waals surface area contributed by atoms with Crippen molar-refractivity contribution in [3.8, 4) is 17.1 Å². The SMILES string of the molecule is Cc1ccc(-n2nc(C(=O)Nc3ccc(-c4ncc5n4CCCC5)cc3)c3c2CCC3)cc1. The Morgan fingerprint density at radius 3 is 2.58 bits per heavy atom. The first-order chi connectivity index (χ1) is 16.2. The van der Waals surface area contributed by atoms with Crippen molar-refractivity contribution >= 4 is 11.6 Å². The van der Waals surface area contributed by atoms with Crippen molar-refractivity contribution in [2.45, 2.75) is 52.0 Å². The number of carbonyl (C=O) groups is 1. The van der Waals surface area contributed by atoms with E-state index in [-0.39, 0.29) is 5.91 Å². The minimum atomic E-state index is -0.148. The zero-order valence-electron chi connectivity index (χ0n) is 18.8. The van der Waals surface area contributed by atoms with Crippen LogP contribution in [0.15, 0.2) is 54.7 Å². The molecule has 0 fully saturated rings. The summed E-state index contributed by atoms with van der Waals surface area (Å²) in [7, 11) is 0. The second-order valence-electron chi connectivity index (χ2n) is 9.09. The van der Waals surface area contributed by atoms with Crippen LogP contribution >= 0.6 is 0 Å². The lowest BCUT2D eigenvalue weighted by Gasteiger charge is -2.16. The van der Waals surface area contributed by atoms with Gasteiger partial charge in [0.15, 0.2) is 5.69 Å². The molecule has 0 spiro atoms. The highest BCUT2D eigenvalue weighted by molar-refractivity contribution is 6.04. The van der Waals surface area contributed by atoms with E-state index in [0.29, 0.717) is 5.69 Å². The lowest BCUT2D eigenvalue weighted by Crippen LogP contribution is -2.15. The molecule has 6 nitrogen and oxygen atoms in total. The summed E-state index contributed by atoms with van der Waals surface area (Å²) in [5, 5.41) is 7.78. The van der Waals surface area contributed by atoms with Crippen molar-refractivity contribution in [2.24, 2.45) is 0 Å². The van der Waals surface area contributed by atoms with Gasteiger partial charge in [-0.25, -0.2) is 9.67 Å². The molecule has 1 amide bonds. The van der Waals surface area contributed by atoms with Crippen molar-refractivity contribution < 1.29 is 4.79 Å². The van der Waals surface area contributed by atoms with Gasteiger partial charge in [0.05, 0.1) is 5.69 Å². The lowest BCUT2D eigenvalue weighted by molar-refractivity contribution is 0.102. The number of nitrogens with zero attached hydrogens (tertiary/aromatic N) is 4. The number of rotatable bonds is 4. The van der Waals surface area contributed by atoms with E-state index in [2.05, 4.69) is 46.1 Å². The smallest absolute Gasteiger partial charge is 0.276 e. The van der Waals surface area contributed by atoms with E-state index in [9.17, 15) is 4.79 Å². The number of hydrogen-bond donors (Lipinski definition) is 1. The number of imidazole rings is 1. The van der Waals surface area contributed by atoms with E-state index in [0.717, 1.165) is 66.2 Å². The third kappa shape index (κ3) is 3.55. The fourth-order valence-corrected chi connectivity index (χ4v) is 5.08. The molecule has 1 aliphatic heterocycles. The number of aryl methyl sites for hydroxylation is 2. The molecule has 0 radical (unpaired) electrons. The van der Waals surface area contributed by atoms with Crippen LogP contribution in [-0.4, -0.2) is 25.2 Å². The summed E-state index contributed by atoms with van der Waals surface area (Å²) >= 11 is 0. The molecule has 1 N–H and O–H groups in total. The number of aromatic nitrogens is 4. The van der Waals surface area contributed by atoms with Gasteiger partial charge in [-0.05, 0) is 81.8 Å². The molecule has 2 aromatic carbocycles. The van der Waals surface area contributed by atoms with Crippen LogP contribution in [0.2, 0.25) is 0 Å². The minimum Gasteiger partial charge on any atom is -0.328 e. The molecule has 0 saturated carbocycles. The Kier molecular flexibility index (Phi) is 4.86. The first-order valence-corrected chi connectivity index (χ1v) is 11.8. The maximum Gasteiger partial charge on any atom is 0.276 e. The van der Waals surface area contributed by atoms with Crippen LogP contribution in [0, 0.1) is 6.92 Å². The zero-order valence-corrected chi connectivity index (χ0v) is 18.8. The van der Waals surface area contributed by atoms with E-state index in [1.807, 2.05) is 35.1 Å². The van der Waals surface area contributed by atoms with Gasteiger partial charge >= 0.3 is 0 Å². The van der Waals surface area contributed by atoms with Crippen LogP contribution in [0.3, 0.4) is 0 Å². The topological polar surface area (TPSA) is 64.7 Å². The van der Waals surface area contributed by atoms with Gasteiger partial charge in [-0.2, -0.15) is 5.10 Å². The maximum absolute atomic E-state index is 13.2. The summed E-state index contributed by atoms with van der Waals surface area (Å²) in [6.45, 7) is 3.10. The maximum atomic E-state index is 13.2. The van der Waals surface area contributed by atoms with Crippen LogP contribution in [0.1, 0.15) is 52.3 Å². The average Bonchev–Trinajstić information content (AvgIpc) is 3.56. The van der Waals surface area contributed by atoms with Gasteiger partial charge in [0.2, 0.25) is 0 Å². The Morgan fingerprint density at radius 2 is 1.76 bits per heavy atom. The van der Waals surface area contributed by atoms with Gasteiger partial charge in [0, 0.05) is 40.9 Å². The highest BCUT2D eigenvalue weighted by Gasteiger charge is 2.27. The van der Waals surface area contributed by atoms with E-state index >= 15 is 0 Å². The standard InChI is InChI=1S/C27H27N5O/c1-18-8-14-21(15-9-18)32-24-7-4-6-23(24)25(30-32)27(33)29-20-12-10-19(11-13-20)26-28-17-22-5-2-3-16-31(22)26/h8-15,17H,2-7,16H2,1H3,(H,29,33). The summed E-state index contributed by atoms with van der Waals surface area (Å²) in [4.78, 5) is 17.8. The number of amides is 1. The molecule has 0 unspecified atom stereocenters. The molecular formula is C27H27N5O. The average molecular weight is 438 g/mol. The number of carbonyl (C=O) groups excluding carboxylic acids is 1. The number of anilines is 1. The summed E-state index contributed by atoms with van der Waals surface area (Å²) in [6, 6.07) is 16.3. The molecule has 6 heteroatoms. The zero-order chi connectivity index (χ0) is 22.4. The minimum absolute atomic E-state index is 0.148. The molecule has 166 valence electrons. The number of hydrogen-bond acceptors (Lipinski definition) is 3. The molecule has 2 aliphatic rings. The predicted octanol–water partition coefficient (Wildman–Crippen LogP) is 5.12. The fraction of sp³-hybridized carbons (Fsp3) is 0.296. The molecule has 1 aliphatic carbocycles. The largest absolute Gasteiger partial charge is 0.328 e. The summed E-state index contributed by atoms with van der Waals surface area (Å²) < 4.78 is 4.26. The molecular weight excluding hydrogens is 410 g/mol. The first kappa shape index (κ1) is 20.0. The third-order valence-electron chi connectivity index (χ3n) is 6.83. The van der Waals surface area contributed by atoms with Crippen molar-refractivity contribution in [3.05, 3.63) is 82.9 Å². The second-order valence-corrected chi connectivity index (χ2v) is 9.09. The summed E-state index contributed by atoms with van der Waals surface area (Å²) in [6.07, 6.45) is 8.43. The molecule has 6 rings (SSSR count). The molecule has 2 aromatic heterocycles. The number of benzene rings is 2. The Bertz CT molecular complexity index is 1330.